The molecule has 2 N–H and O–H groups in total. The van der Waals surface area contributed by atoms with Crippen LogP contribution in [0.5, 0.6) is 5.75 Å². The Morgan fingerprint density at radius 2 is 1.82 bits per heavy atom. The minimum Gasteiger partial charge on any atom is -0.497 e. The van der Waals surface area contributed by atoms with Crippen LogP contribution in [-0.2, 0) is 6.54 Å². The Balaban J connectivity index is 1.42. The van der Waals surface area contributed by atoms with E-state index in [1.807, 2.05) is 11.0 Å². The molecule has 1 saturated heterocycles. The third kappa shape index (κ3) is 5.49. The van der Waals surface area contributed by atoms with Crippen molar-refractivity contribution in [3.8, 4) is 5.75 Å². The van der Waals surface area contributed by atoms with Crippen molar-refractivity contribution in [2.24, 2.45) is 0 Å². The zero-order valence-corrected chi connectivity index (χ0v) is 18.7. The molecular formula is C25H25FN4O4. The van der Waals surface area contributed by atoms with Crippen LogP contribution in [0.1, 0.15) is 26.3 Å². The molecule has 8 nitrogen and oxygen atoms in total. The third-order valence-electron chi connectivity index (χ3n) is 5.67. The van der Waals surface area contributed by atoms with Crippen molar-refractivity contribution in [1.29, 1.82) is 0 Å². The van der Waals surface area contributed by atoms with Gasteiger partial charge in [0.15, 0.2) is 0 Å². The highest BCUT2D eigenvalue weighted by Crippen LogP contribution is 2.24. The van der Waals surface area contributed by atoms with Gasteiger partial charge in [0.2, 0.25) is 0 Å². The number of nitrogens with zero attached hydrogens (tertiary/aromatic N) is 3. The molecule has 176 valence electrons. The van der Waals surface area contributed by atoms with Gasteiger partial charge in [-0.2, -0.15) is 0 Å². The first-order valence-corrected chi connectivity index (χ1v) is 10.8. The second kappa shape index (κ2) is 10.3. The predicted molar refractivity (Wildman–Crippen MR) is 126 cm³/mol. The van der Waals surface area contributed by atoms with Gasteiger partial charge in [0, 0.05) is 38.3 Å². The largest absolute Gasteiger partial charge is 0.497 e. The summed E-state index contributed by atoms with van der Waals surface area (Å²) in [7, 11) is 1.54. The summed E-state index contributed by atoms with van der Waals surface area (Å²) in [6.45, 7) is 3.17. The molecule has 0 unspecified atom stereocenters. The topological polar surface area (TPSA) is 95.0 Å². The molecule has 3 aromatic rings. The Kier molecular flexibility index (Phi) is 7.03. The van der Waals surface area contributed by atoms with Gasteiger partial charge < -0.3 is 20.1 Å². The van der Waals surface area contributed by atoms with Gasteiger partial charge >= 0.3 is 5.97 Å². The molecule has 34 heavy (non-hydrogen) atoms. The lowest BCUT2D eigenvalue weighted by Gasteiger charge is -2.36. The number of rotatable bonds is 7. The second-order valence-corrected chi connectivity index (χ2v) is 7.98. The lowest BCUT2D eigenvalue weighted by Crippen LogP contribution is -2.46. The highest BCUT2D eigenvalue weighted by molar-refractivity contribution is 6.05. The van der Waals surface area contributed by atoms with E-state index < -0.39 is 5.97 Å². The number of pyridine rings is 1. The van der Waals surface area contributed by atoms with Gasteiger partial charge in [-0.15, -0.1) is 0 Å². The van der Waals surface area contributed by atoms with Crippen molar-refractivity contribution in [2.75, 3.05) is 43.5 Å². The van der Waals surface area contributed by atoms with Gasteiger partial charge in [0.05, 0.1) is 19.0 Å². The number of nitrogens with one attached hydrogen (secondary N) is 1. The van der Waals surface area contributed by atoms with E-state index in [9.17, 15) is 19.1 Å². The molecule has 1 aliphatic rings. The standard InChI is InChI=1S/C25H25FN4O4/c1-34-21-7-5-18(6-8-21)24(31)28-20-14-22(25(32)33)23(27-15-20)30-11-9-29(10-12-30)16-17-3-2-4-19(26)13-17/h2-8,13-15H,9-12,16H2,1H3,(H,28,31)(H,32,33). The van der Waals surface area contributed by atoms with E-state index in [0.717, 1.165) is 5.56 Å². The summed E-state index contributed by atoms with van der Waals surface area (Å²) in [6, 6.07) is 14.5. The van der Waals surface area contributed by atoms with Crippen LogP contribution in [0.3, 0.4) is 0 Å². The Morgan fingerprint density at radius 1 is 1.09 bits per heavy atom. The zero-order valence-electron chi connectivity index (χ0n) is 18.7. The lowest BCUT2D eigenvalue weighted by molar-refractivity contribution is 0.0696. The Hall–Kier alpha value is -3.98. The van der Waals surface area contributed by atoms with E-state index >= 15 is 0 Å². The number of methoxy groups -OCH3 is 1. The molecule has 2 heterocycles. The summed E-state index contributed by atoms with van der Waals surface area (Å²) in [5.41, 5.74) is 1.63. The number of carboxylic acids is 1. The molecule has 1 amide bonds. The summed E-state index contributed by atoms with van der Waals surface area (Å²) in [5, 5.41) is 12.5. The average Bonchev–Trinajstić information content (AvgIpc) is 2.84. The highest BCUT2D eigenvalue weighted by atomic mass is 19.1. The van der Waals surface area contributed by atoms with Crippen LogP contribution in [0.15, 0.2) is 60.8 Å². The number of benzene rings is 2. The summed E-state index contributed by atoms with van der Waals surface area (Å²) in [6.07, 6.45) is 1.46. The predicted octanol–water partition coefficient (Wildman–Crippen LogP) is 3.50. The molecule has 0 spiro atoms. The number of aromatic carboxylic acids is 1. The number of hydrogen-bond donors (Lipinski definition) is 2. The first-order chi connectivity index (χ1) is 16.4. The molecular weight excluding hydrogens is 439 g/mol. The monoisotopic (exact) mass is 464 g/mol. The molecule has 2 aromatic carbocycles. The maximum absolute atomic E-state index is 13.4. The van der Waals surface area contributed by atoms with Crippen LogP contribution in [0.4, 0.5) is 15.9 Å². The molecule has 0 aliphatic carbocycles. The Morgan fingerprint density at radius 3 is 2.47 bits per heavy atom. The summed E-state index contributed by atoms with van der Waals surface area (Å²) < 4.78 is 18.5. The smallest absolute Gasteiger partial charge is 0.339 e. The molecule has 0 atom stereocenters. The zero-order chi connectivity index (χ0) is 24.1. The van der Waals surface area contributed by atoms with Crippen LogP contribution in [0, 0.1) is 5.82 Å². The minimum absolute atomic E-state index is 0.0195. The fourth-order valence-electron chi connectivity index (χ4n) is 3.89. The SMILES string of the molecule is COc1ccc(C(=O)Nc2cnc(N3CCN(Cc4cccc(F)c4)CC3)c(C(=O)O)c2)cc1. The average molecular weight is 464 g/mol. The van der Waals surface area contributed by atoms with Crippen LogP contribution in [0.2, 0.25) is 0 Å². The van der Waals surface area contributed by atoms with Gasteiger partial charge in [-0.1, -0.05) is 12.1 Å². The van der Waals surface area contributed by atoms with Gasteiger partial charge in [-0.3, -0.25) is 9.69 Å². The number of piperazine rings is 1. The Labute approximate surface area is 196 Å². The first-order valence-electron chi connectivity index (χ1n) is 10.8. The van der Waals surface area contributed by atoms with Crippen LogP contribution < -0.4 is 15.0 Å². The van der Waals surface area contributed by atoms with E-state index in [1.165, 1.54) is 24.4 Å². The van der Waals surface area contributed by atoms with Crippen molar-refractivity contribution in [3.05, 3.63) is 83.3 Å². The van der Waals surface area contributed by atoms with Gasteiger partial charge in [-0.25, -0.2) is 14.2 Å². The number of aromatic nitrogens is 1. The molecule has 1 fully saturated rings. The number of anilines is 2. The minimum atomic E-state index is -1.12. The van der Waals surface area contributed by atoms with Gasteiger partial charge in [0.25, 0.3) is 5.91 Å². The normalized spacial score (nSPS) is 14.0. The summed E-state index contributed by atoms with van der Waals surface area (Å²) in [4.78, 5) is 32.9. The number of carbonyl (C=O) groups excluding carboxylic acids is 1. The summed E-state index contributed by atoms with van der Waals surface area (Å²) >= 11 is 0. The highest BCUT2D eigenvalue weighted by Gasteiger charge is 2.23. The van der Waals surface area contributed by atoms with Gasteiger partial charge in [-0.05, 0) is 48.0 Å². The van der Waals surface area contributed by atoms with E-state index in [-0.39, 0.29) is 17.3 Å². The number of carboxylic acid groups (broad SMARTS) is 1. The van der Waals surface area contributed by atoms with Gasteiger partial charge in [0.1, 0.15) is 22.9 Å². The van der Waals surface area contributed by atoms with Crippen LogP contribution in [0.25, 0.3) is 0 Å². The van der Waals surface area contributed by atoms with Crippen molar-refractivity contribution in [3.63, 3.8) is 0 Å². The first kappa shape index (κ1) is 23.2. The number of hydrogen-bond acceptors (Lipinski definition) is 6. The quantitative estimate of drug-likeness (QED) is 0.553. The Bertz CT molecular complexity index is 1180. The molecule has 0 bridgehead atoms. The van der Waals surface area contributed by atoms with Crippen molar-refractivity contribution < 1.29 is 23.8 Å². The second-order valence-electron chi connectivity index (χ2n) is 7.98. The maximum Gasteiger partial charge on any atom is 0.339 e. The van der Waals surface area contributed by atoms with E-state index in [1.54, 1.807) is 37.4 Å². The fourth-order valence-corrected chi connectivity index (χ4v) is 3.89. The lowest BCUT2D eigenvalue weighted by atomic mass is 10.1. The molecule has 0 saturated carbocycles. The number of amides is 1. The number of carbonyl (C=O) groups is 2. The molecule has 0 radical (unpaired) electrons. The third-order valence-corrected chi connectivity index (χ3v) is 5.67. The van der Waals surface area contributed by atoms with Crippen molar-refractivity contribution in [1.82, 2.24) is 9.88 Å². The van der Waals surface area contributed by atoms with Crippen molar-refractivity contribution in [2.45, 2.75) is 6.54 Å². The molecule has 9 heteroatoms. The fraction of sp³-hybridized carbons (Fsp3) is 0.240. The van der Waals surface area contributed by atoms with Crippen LogP contribution in [-0.4, -0.2) is 60.2 Å². The maximum atomic E-state index is 13.4. The summed E-state index contributed by atoms with van der Waals surface area (Å²) in [5.74, 6) is -0.762. The molecule has 4 rings (SSSR count). The molecule has 1 aromatic heterocycles. The number of ether oxygens (including phenoxy) is 1. The van der Waals surface area contributed by atoms with E-state index in [4.69, 9.17) is 4.74 Å². The number of halogens is 1. The van der Waals surface area contributed by atoms with Crippen molar-refractivity contribution >= 4 is 23.4 Å². The van der Waals surface area contributed by atoms with E-state index in [2.05, 4.69) is 15.2 Å². The van der Waals surface area contributed by atoms with E-state index in [0.29, 0.717) is 55.5 Å². The van der Waals surface area contributed by atoms with Crippen LogP contribution >= 0.6 is 0 Å². The molecule has 1 aliphatic heterocycles.